The molecule has 2 unspecified atom stereocenters. The number of rotatable bonds is 5. The van der Waals surface area contributed by atoms with Crippen LogP contribution in [0.5, 0.6) is 5.75 Å². The summed E-state index contributed by atoms with van der Waals surface area (Å²) in [6, 6.07) is 7.52. The van der Waals surface area contributed by atoms with Crippen LogP contribution in [0.4, 0.5) is 5.69 Å². The van der Waals surface area contributed by atoms with Crippen LogP contribution in [0.25, 0.3) is 0 Å². The molecule has 0 aliphatic carbocycles. The number of nitrogens with zero attached hydrogens (tertiary/aromatic N) is 2. The molecule has 0 radical (unpaired) electrons. The van der Waals surface area contributed by atoms with Crippen LogP contribution < -0.4 is 20.3 Å². The molecule has 2 heterocycles. The zero-order valence-electron chi connectivity index (χ0n) is 15.2. The second-order valence-corrected chi connectivity index (χ2v) is 6.27. The van der Waals surface area contributed by atoms with Crippen LogP contribution in [-0.4, -0.2) is 71.1 Å². The van der Waals surface area contributed by atoms with Crippen molar-refractivity contribution in [3.8, 4) is 5.75 Å². The molecule has 26 heavy (non-hydrogen) atoms. The summed E-state index contributed by atoms with van der Waals surface area (Å²) in [6.07, 6.45) is 0.432. The quantitative estimate of drug-likeness (QED) is 0.582. The number of amides is 1. The molecule has 2 atom stereocenters. The van der Waals surface area contributed by atoms with Crippen LogP contribution in [0.1, 0.15) is 6.42 Å². The number of hydrogen-bond acceptors (Lipinski definition) is 5. The molecule has 2 aliphatic rings. The molecule has 142 valence electrons. The molecule has 2 fully saturated rings. The molecule has 2 saturated heterocycles. The number of benzene rings is 1. The molecule has 2 aliphatic heterocycles. The van der Waals surface area contributed by atoms with Gasteiger partial charge in [0.2, 0.25) is 5.91 Å². The van der Waals surface area contributed by atoms with Crippen molar-refractivity contribution in [2.75, 3.05) is 52.0 Å². The number of guanidine groups is 1. The standard InChI is InChI=1S/C18H26N4O4/c1-19-18(20-10-16-12-25-6-7-26-16)21-13-8-17(23)22(11-13)14-4-3-5-15(9-14)24-2/h3-5,9,13,16H,6-8,10-12H2,1-2H3,(H2,19,20,21). The average molecular weight is 362 g/mol. The van der Waals surface area contributed by atoms with E-state index in [1.165, 1.54) is 0 Å². The van der Waals surface area contributed by atoms with Gasteiger partial charge in [0, 0.05) is 38.3 Å². The predicted octanol–water partition coefficient (Wildman–Crippen LogP) is 0.381. The van der Waals surface area contributed by atoms with E-state index >= 15 is 0 Å². The number of methoxy groups -OCH3 is 1. The lowest BCUT2D eigenvalue weighted by atomic mass is 10.2. The molecular weight excluding hydrogens is 336 g/mol. The fraction of sp³-hybridized carbons (Fsp3) is 0.556. The minimum atomic E-state index is -0.0107. The van der Waals surface area contributed by atoms with E-state index in [4.69, 9.17) is 14.2 Å². The Labute approximate surface area is 153 Å². The van der Waals surface area contributed by atoms with Gasteiger partial charge < -0.3 is 29.7 Å². The zero-order valence-corrected chi connectivity index (χ0v) is 15.2. The minimum absolute atomic E-state index is 0.0107. The number of nitrogens with one attached hydrogen (secondary N) is 2. The predicted molar refractivity (Wildman–Crippen MR) is 98.8 cm³/mol. The molecule has 1 amide bonds. The van der Waals surface area contributed by atoms with Crippen molar-refractivity contribution < 1.29 is 19.0 Å². The highest BCUT2D eigenvalue weighted by atomic mass is 16.6. The summed E-state index contributed by atoms with van der Waals surface area (Å²) in [6.45, 7) is 3.03. The number of ether oxygens (including phenoxy) is 3. The lowest BCUT2D eigenvalue weighted by Crippen LogP contribution is -2.48. The Bertz CT molecular complexity index is 646. The Morgan fingerprint density at radius 3 is 3.04 bits per heavy atom. The number of anilines is 1. The number of carbonyl (C=O) groups is 1. The summed E-state index contributed by atoms with van der Waals surface area (Å²) in [5.74, 6) is 1.47. The smallest absolute Gasteiger partial charge is 0.229 e. The molecule has 3 rings (SSSR count). The fourth-order valence-corrected chi connectivity index (χ4v) is 3.09. The Morgan fingerprint density at radius 1 is 1.42 bits per heavy atom. The summed E-state index contributed by atoms with van der Waals surface area (Å²) in [7, 11) is 3.33. The van der Waals surface area contributed by atoms with Gasteiger partial charge in [-0.2, -0.15) is 0 Å². The first-order valence-corrected chi connectivity index (χ1v) is 8.80. The fourth-order valence-electron chi connectivity index (χ4n) is 3.09. The van der Waals surface area contributed by atoms with Gasteiger partial charge in [0.15, 0.2) is 5.96 Å². The molecule has 8 heteroatoms. The summed E-state index contributed by atoms with van der Waals surface area (Å²) in [4.78, 5) is 18.4. The van der Waals surface area contributed by atoms with Crippen LogP contribution >= 0.6 is 0 Å². The zero-order chi connectivity index (χ0) is 18.4. The molecule has 0 saturated carbocycles. The van der Waals surface area contributed by atoms with Crippen molar-refractivity contribution in [2.45, 2.75) is 18.6 Å². The van der Waals surface area contributed by atoms with Crippen molar-refractivity contribution in [3.05, 3.63) is 24.3 Å². The monoisotopic (exact) mass is 362 g/mol. The van der Waals surface area contributed by atoms with E-state index in [1.54, 1.807) is 19.1 Å². The molecule has 0 aromatic heterocycles. The van der Waals surface area contributed by atoms with E-state index in [-0.39, 0.29) is 18.1 Å². The highest BCUT2D eigenvalue weighted by Crippen LogP contribution is 2.25. The lowest BCUT2D eigenvalue weighted by Gasteiger charge is -2.25. The van der Waals surface area contributed by atoms with Crippen molar-refractivity contribution in [2.24, 2.45) is 4.99 Å². The molecular formula is C18H26N4O4. The third kappa shape index (κ3) is 4.64. The van der Waals surface area contributed by atoms with Crippen molar-refractivity contribution in [3.63, 3.8) is 0 Å². The Balaban J connectivity index is 1.53. The van der Waals surface area contributed by atoms with Crippen LogP contribution in [-0.2, 0) is 14.3 Å². The van der Waals surface area contributed by atoms with Crippen molar-refractivity contribution in [1.82, 2.24) is 10.6 Å². The summed E-state index contributed by atoms with van der Waals surface area (Å²) in [5, 5.41) is 6.55. The molecule has 1 aromatic rings. The maximum Gasteiger partial charge on any atom is 0.229 e. The van der Waals surface area contributed by atoms with Gasteiger partial charge in [-0.25, -0.2) is 0 Å². The first kappa shape index (κ1) is 18.5. The van der Waals surface area contributed by atoms with Gasteiger partial charge in [0.1, 0.15) is 5.75 Å². The third-order valence-corrected chi connectivity index (χ3v) is 4.44. The molecule has 2 N–H and O–H groups in total. The van der Waals surface area contributed by atoms with Crippen LogP contribution in [0, 0.1) is 0 Å². The second kappa shape index (κ2) is 8.86. The normalized spacial score (nSPS) is 23.8. The number of aliphatic imine (C=N–C) groups is 1. The molecule has 8 nitrogen and oxygen atoms in total. The van der Waals surface area contributed by atoms with E-state index in [0.29, 0.717) is 45.3 Å². The van der Waals surface area contributed by atoms with Gasteiger partial charge in [-0.1, -0.05) is 6.07 Å². The highest BCUT2D eigenvalue weighted by molar-refractivity contribution is 5.97. The van der Waals surface area contributed by atoms with E-state index < -0.39 is 0 Å². The van der Waals surface area contributed by atoms with E-state index in [0.717, 1.165) is 11.4 Å². The third-order valence-electron chi connectivity index (χ3n) is 4.44. The maximum absolute atomic E-state index is 12.4. The van der Waals surface area contributed by atoms with Crippen molar-refractivity contribution >= 4 is 17.6 Å². The van der Waals surface area contributed by atoms with Gasteiger partial charge in [0.25, 0.3) is 0 Å². The average Bonchev–Trinajstić information content (AvgIpc) is 3.06. The first-order chi connectivity index (χ1) is 12.7. The Morgan fingerprint density at radius 2 is 2.31 bits per heavy atom. The summed E-state index contributed by atoms with van der Waals surface area (Å²) in [5.41, 5.74) is 0.842. The molecule has 1 aromatic carbocycles. The van der Waals surface area contributed by atoms with Crippen LogP contribution in [0.2, 0.25) is 0 Å². The van der Waals surface area contributed by atoms with Gasteiger partial charge >= 0.3 is 0 Å². The Kier molecular flexibility index (Phi) is 6.30. The maximum atomic E-state index is 12.4. The summed E-state index contributed by atoms with van der Waals surface area (Å²) >= 11 is 0. The molecule has 0 spiro atoms. The van der Waals surface area contributed by atoms with Gasteiger partial charge in [-0.05, 0) is 12.1 Å². The molecule has 0 bridgehead atoms. The first-order valence-electron chi connectivity index (χ1n) is 8.80. The van der Waals surface area contributed by atoms with E-state index in [2.05, 4.69) is 15.6 Å². The largest absolute Gasteiger partial charge is 0.497 e. The number of carbonyl (C=O) groups excluding carboxylic acids is 1. The summed E-state index contributed by atoms with van der Waals surface area (Å²) < 4.78 is 16.2. The van der Waals surface area contributed by atoms with Crippen molar-refractivity contribution in [1.29, 1.82) is 0 Å². The Hall–Kier alpha value is -2.32. The number of hydrogen-bond donors (Lipinski definition) is 2. The van der Waals surface area contributed by atoms with E-state index in [9.17, 15) is 4.79 Å². The van der Waals surface area contributed by atoms with Gasteiger partial charge in [-0.3, -0.25) is 9.79 Å². The topological polar surface area (TPSA) is 84.4 Å². The lowest BCUT2D eigenvalue weighted by molar-refractivity contribution is -0.117. The van der Waals surface area contributed by atoms with Gasteiger partial charge in [-0.15, -0.1) is 0 Å². The SMILES string of the molecule is CN=C(NCC1COCCO1)NC1CC(=O)N(c2cccc(OC)c2)C1. The minimum Gasteiger partial charge on any atom is -0.497 e. The van der Waals surface area contributed by atoms with Gasteiger partial charge in [0.05, 0.1) is 39.1 Å². The van der Waals surface area contributed by atoms with Crippen LogP contribution in [0.15, 0.2) is 29.3 Å². The highest BCUT2D eigenvalue weighted by Gasteiger charge is 2.31. The second-order valence-electron chi connectivity index (χ2n) is 6.27. The van der Waals surface area contributed by atoms with Crippen LogP contribution in [0.3, 0.4) is 0 Å². The van der Waals surface area contributed by atoms with E-state index in [1.807, 2.05) is 24.3 Å².